The molecule has 1 aromatic carbocycles. The maximum absolute atomic E-state index is 13.1. The van der Waals surface area contributed by atoms with Crippen LogP contribution in [0.3, 0.4) is 0 Å². The average Bonchev–Trinajstić information content (AvgIpc) is 2.14. The molecule has 0 aliphatic carbocycles. The SMILES string of the molecule is Cc1cc(F)cc(NC(=O)CCCC(C)N)c1. The fourth-order valence-corrected chi connectivity index (χ4v) is 1.62. The first-order valence-electron chi connectivity index (χ1n) is 5.80. The van der Waals surface area contributed by atoms with Crippen LogP contribution in [-0.2, 0) is 4.79 Å². The number of halogens is 1. The first kappa shape index (κ1) is 13.6. The fourth-order valence-electron chi connectivity index (χ4n) is 1.62. The molecule has 0 aliphatic rings. The molecule has 0 fully saturated rings. The predicted molar refractivity (Wildman–Crippen MR) is 67.3 cm³/mol. The second-order valence-electron chi connectivity index (χ2n) is 4.43. The van der Waals surface area contributed by atoms with E-state index >= 15 is 0 Å². The van der Waals surface area contributed by atoms with Crippen LogP contribution < -0.4 is 11.1 Å². The third-order valence-electron chi connectivity index (χ3n) is 2.39. The van der Waals surface area contributed by atoms with Gasteiger partial charge in [0.1, 0.15) is 5.82 Å². The van der Waals surface area contributed by atoms with E-state index in [4.69, 9.17) is 5.73 Å². The summed E-state index contributed by atoms with van der Waals surface area (Å²) < 4.78 is 13.1. The van der Waals surface area contributed by atoms with E-state index in [0.717, 1.165) is 18.4 Å². The van der Waals surface area contributed by atoms with Crippen molar-refractivity contribution in [3.63, 3.8) is 0 Å². The molecule has 1 rings (SSSR count). The van der Waals surface area contributed by atoms with E-state index in [2.05, 4.69) is 5.32 Å². The summed E-state index contributed by atoms with van der Waals surface area (Å²) in [4.78, 5) is 11.5. The predicted octanol–water partition coefficient (Wildman–Crippen LogP) is 2.59. The molecular formula is C13H19FN2O. The molecule has 0 saturated heterocycles. The molecule has 1 atom stereocenters. The minimum absolute atomic E-state index is 0.101. The Balaban J connectivity index is 2.45. The number of nitrogens with two attached hydrogens (primary N) is 1. The molecule has 1 aromatic rings. The van der Waals surface area contributed by atoms with Gasteiger partial charge in [0.15, 0.2) is 0 Å². The van der Waals surface area contributed by atoms with Crippen LogP contribution in [0.4, 0.5) is 10.1 Å². The molecule has 3 nitrogen and oxygen atoms in total. The third kappa shape index (κ3) is 5.45. The Morgan fingerprint density at radius 1 is 1.47 bits per heavy atom. The monoisotopic (exact) mass is 238 g/mol. The zero-order valence-corrected chi connectivity index (χ0v) is 10.3. The average molecular weight is 238 g/mol. The number of carbonyl (C=O) groups is 1. The molecule has 0 aromatic heterocycles. The lowest BCUT2D eigenvalue weighted by atomic mass is 10.1. The van der Waals surface area contributed by atoms with Crippen molar-refractivity contribution in [2.45, 2.75) is 39.2 Å². The van der Waals surface area contributed by atoms with Crippen LogP contribution in [0.25, 0.3) is 0 Å². The Kier molecular flexibility index (Phi) is 5.10. The smallest absolute Gasteiger partial charge is 0.224 e. The molecule has 94 valence electrons. The van der Waals surface area contributed by atoms with Gasteiger partial charge in [0.05, 0.1) is 0 Å². The standard InChI is InChI=1S/C13H19FN2O/c1-9-6-11(14)8-12(7-9)16-13(17)5-3-4-10(2)15/h6-8,10H,3-5,15H2,1-2H3,(H,16,17). The summed E-state index contributed by atoms with van der Waals surface area (Å²) in [6.45, 7) is 3.70. The van der Waals surface area contributed by atoms with Gasteiger partial charge in [0, 0.05) is 18.2 Å². The number of nitrogens with one attached hydrogen (secondary N) is 1. The van der Waals surface area contributed by atoms with Crippen molar-refractivity contribution in [1.82, 2.24) is 0 Å². The number of hydrogen-bond donors (Lipinski definition) is 2. The van der Waals surface area contributed by atoms with Crippen molar-refractivity contribution < 1.29 is 9.18 Å². The van der Waals surface area contributed by atoms with Crippen LogP contribution in [0.1, 0.15) is 31.7 Å². The molecule has 0 spiro atoms. The van der Waals surface area contributed by atoms with Gasteiger partial charge in [-0.3, -0.25) is 4.79 Å². The molecule has 17 heavy (non-hydrogen) atoms. The third-order valence-corrected chi connectivity index (χ3v) is 2.39. The Labute approximate surface area is 101 Å². The van der Waals surface area contributed by atoms with Crippen LogP contribution >= 0.6 is 0 Å². The summed E-state index contributed by atoms with van der Waals surface area (Å²) in [6, 6.07) is 4.59. The molecule has 0 saturated carbocycles. The number of benzene rings is 1. The first-order valence-corrected chi connectivity index (χ1v) is 5.80. The summed E-state index contributed by atoms with van der Waals surface area (Å²) in [7, 11) is 0. The quantitative estimate of drug-likeness (QED) is 0.828. The number of amides is 1. The Hall–Kier alpha value is -1.42. The number of aryl methyl sites for hydroxylation is 1. The molecule has 4 heteroatoms. The lowest BCUT2D eigenvalue weighted by molar-refractivity contribution is -0.116. The van der Waals surface area contributed by atoms with Gasteiger partial charge in [0.25, 0.3) is 0 Å². The van der Waals surface area contributed by atoms with Crippen molar-refractivity contribution in [2.75, 3.05) is 5.32 Å². The summed E-state index contributed by atoms with van der Waals surface area (Å²) in [5.74, 6) is -0.438. The fraction of sp³-hybridized carbons (Fsp3) is 0.462. The van der Waals surface area contributed by atoms with Crippen LogP contribution in [0.5, 0.6) is 0 Å². The lowest BCUT2D eigenvalue weighted by Crippen LogP contribution is -2.16. The largest absolute Gasteiger partial charge is 0.328 e. The van der Waals surface area contributed by atoms with Crippen LogP contribution in [0.15, 0.2) is 18.2 Å². The number of anilines is 1. The Bertz CT molecular complexity index is 371. The zero-order valence-electron chi connectivity index (χ0n) is 10.3. The van der Waals surface area contributed by atoms with E-state index in [-0.39, 0.29) is 17.8 Å². The van der Waals surface area contributed by atoms with Crippen molar-refractivity contribution in [1.29, 1.82) is 0 Å². The van der Waals surface area contributed by atoms with E-state index in [1.807, 2.05) is 6.92 Å². The highest BCUT2D eigenvalue weighted by molar-refractivity contribution is 5.90. The molecule has 0 heterocycles. The van der Waals surface area contributed by atoms with Crippen molar-refractivity contribution in [3.8, 4) is 0 Å². The van der Waals surface area contributed by atoms with Gasteiger partial charge in [-0.15, -0.1) is 0 Å². The minimum Gasteiger partial charge on any atom is -0.328 e. The summed E-state index contributed by atoms with van der Waals surface area (Å²) in [5, 5.41) is 2.68. The van der Waals surface area contributed by atoms with Gasteiger partial charge in [-0.1, -0.05) is 0 Å². The highest BCUT2D eigenvalue weighted by atomic mass is 19.1. The minimum atomic E-state index is -0.337. The van der Waals surface area contributed by atoms with Gasteiger partial charge in [-0.25, -0.2) is 4.39 Å². The van der Waals surface area contributed by atoms with Gasteiger partial charge in [0.2, 0.25) is 5.91 Å². The summed E-state index contributed by atoms with van der Waals surface area (Å²) >= 11 is 0. The Morgan fingerprint density at radius 3 is 2.76 bits per heavy atom. The van der Waals surface area contributed by atoms with Gasteiger partial charge in [-0.2, -0.15) is 0 Å². The van der Waals surface area contributed by atoms with E-state index in [1.165, 1.54) is 12.1 Å². The maximum atomic E-state index is 13.1. The van der Waals surface area contributed by atoms with E-state index in [0.29, 0.717) is 12.1 Å². The number of hydrogen-bond acceptors (Lipinski definition) is 2. The van der Waals surface area contributed by atoms with E-state index in [9.17, 15) is 9.18 Å². The molecular weight excluding hydrogens is 219 g/mol. The second-order valence-corrected chi connectivity index (χ2v) is 4.43. The van der Waals surface area contributed by atoms with E-state index in [1.54, 1.807) is 13.0 Å². The molecule has 0 aliphatic heterocycles. The zero-order chi connectivity index (χ0) is 12.8. The summed E-state index contributed by atoms with van der Waals surface area (Å²) in [5.41, 5.74) is 6.89. The van der Waals surface area contributed by atoms with Crippen molar-refractivity contribution in [2.24, 2.45) is 5.73 Å². The highest BCUT2D eigenvalue weighted by Gasteiger charge is 2.05. The van der Waals surface area contributed by atoms with E-state index < -0.39 is 0 Å². The summed E-state index contributed by atoms with van der Waals surface area (Å²) in [6.07, 6.45) is 1.98. The molecule has 3 N–H and O–H groups in total. The first-order chi connectivity index (χ1) is 7.97. The molecule has 1 unspecified atom stereocenters. The number of rotatable bonds is 5. The highest BCUT2D eigenvalue weighted by Crippen LogP contribution is 2.13. The van der Waals surface area contributed by atoms with Gasteiger partial charge < -0.3 is 11.1 Å². The maximum Gasteiger partial charge on any atom is 0.224 e. The van der Waals surface area contributed by atoms with Crippen LogP contribution in [0.2, 0.25) is 0 Å². The lowest BCUT2D eigenvalue weighted by Gasteiger charge is -2.07. The van der Waals surface area contributed by atoms with Crippen LogP contribution in [-0.4, -0.2) is 11.9 Å². The van der Waals surface area contributed by atoms with Crippen LogP contribution in [0, 0.1) is 12.7 Å². The van der Waals surface area contributed by atoms with Crippen molar-refractivity contribution in [3.05, 3.63) is 29.6 Å². The topological polar surface area (TPSA) is 55.1 Å². The number of carbonyl (C=O) groups excluding carboxylic acids is 1. The molecule has 0 radical (unpaired) electrons. The molecule has 0 bridgehead atoms. The molecule has 1 amide bonds. The normalized spacial score (nSPS) is 12.2. The van der Waals surface area contributed by atoms with Gasteiger partial charge in [-0.05, 0) is 50.5 Å². The second kappa shape index (κ2) is 6.35. The Morgan fingerprint density at radius 2 is 2.18 bits per heavy atom. The van der Waals surface area contributed by atoms with Gasteiger partial charge >= 0.3 is 0 Å². The van der Waals surface area contributed by atoms with Crippen molar-refractivity contribution >= 4 is 11.6 Å².